The average Bonchev–Trinajstić information content (AvgIpc) is 2.64. The van der Waals surface area contributed by atoms with Crippen molar-refractivity contribution in [2.45, 2.75) is 70.3 Å². The Morgan fingerprint density at radius 3 is 2.18 bits per heavy atom. The number of aliphatic hydroxyl groups excluding tert-OH is 1. The summed E-state index contributed by atoms with van der Waals surface area (Å²) in [6.45, 7) is 9.34. The van der Waals surface area contributed by atoms with Crippen LogP contribution in [0.1, 0.15) is 40.5 Å². The van der Waals surface area contributed by atoms with Crippen molar-refractivity contribution in [1.29, 1.82) is 0 Å². The molecule has 0 spiro atoms. The highest BCUT2D eigenvalue weighted by Crippen LogP contribution is 2.28. The molecule has 22 heavy (non-hydrogen) atoms. The van der Waals surface area contributed by atoms with E-state index in [4.69, 9.17) is 0 Å². The van der Waals surface area contributed by atoms with Crippen LogP contribution >= 0.6 is 0 Å². The molecule has 1 fully saturated rings. The van der Waals surface area contributed by atoms with Gasteiger partial charge < -0.3 is 26.0 Å². The highest BCUT2D eigenvalue weighted by Gasteiger charge is 2.37. The van der Waals surface area contributed by atoms with Crippen LogP contribution in [0.3, 0.4) is 0 Å². The van der Waals surface area contributed by atoms with Gasteiger partial charge in [0.1, 0.15) is 0 Å². The number of aliphatic hydroxyl groups is 1. The molecule has 0 aliphatic carbocycles. The van der Waals surface area contributed by atoms with Crippen LogP contribution in [0.5, 0.6) is 11.8 Å². The number of hydrogen-bond donors (Lipinski definition) is 5. The van der Waals surface area contributed by atoms with Crippen molar-refractivity contribution >= 4 is 0 Å². The minimum atomic E-state index is -0.676. The molecule has 2 heterocycles. The number of rotatable bonds is 5. The number of hydrogen-bond acceptors (Lipinski definition) is 5. The van der Waals surface area contributed by atoms with Crippen LogP contribution in [0.2, 0.25) is 0 Å². The Bertz CT molecular complexity index is 475. The molecule has 6 nitrogen and oxygen atoms in total. The molecular weight excluding hydrogens is 282 g/mol. The second-order valence-electron chi connectivity index (χ2n) is 7.72. The van der Waals surface area contributed by atoms with E-state index in [-0.39, 0.29) is 29.4 Å². The highest BCUT2D eigenvalue weighted by molar-refractivity contribution is 5.23. The molecule has 0 aromatic carbocycles. The highest BCUT2D eigenvalue weighted by atomic mass is 16.3. The summed E-state index contributed by atoms with van der Waals surface area (Å²) in [5, 5.41) is 36.4. The number of aromatic hydroxyl groups is 2. The summed E-state index contributed by atoms with van der Waals surface area (Å²) in [5.74, 6) is -0.0821. The van der Waals surface area contributed by atoms with Crippen LogP contribution in [0.15, 0.2) is 12.1 Å². The van der Waals surface area contributed by atoms with E-state index in [2.05, 4.69) is 38.3 Å². The Balaban J connectivity index is 1.87. The summed E-state index contributed by atoms with van der Waals surface area (Å²) < 4.78 is 1.29. The van der Waals surface area contributed by atoms with Gasteiger partial charge >= 0.3 is 0 Å². The normalized spacial score (nSPS) is 22.6. The van der Waals surface area contributed by atoms with E-state index in [1.807, 2.05) is 0 Å². The summed E-state index contributed by atoms with van der Waals surface area (Å²) >= 11 is 0. The lowest BCUT2D eigenvalue weighted by Gasteiger charge is -2.47. The van der Waals surface area contributed by atoms with Crippen LogP contribution in [-0.4, -0.2) is 49.7 Å². The minimum absolute atomic E-state index is 0.0410. The zero-order valence-electron chi connectivity index (χ0n) is 13.9. The van der Waals surface area contributed by atoms with Crippen molar-refractivity contribution in [2.24, 2.45) is 0 Å². The first-order valence-corrected chi connectivity index (χ1v) is 7.86. The van der Waals surface area contributed by atoms with E-state index in [0.29, 0.717) is 12.6 Å². The first-order chi connectivity index (χ1) is 10.1. The molecule has 1 aliphatic rings. The van der Waals surface area contributed by atoms with Crippen molar-refractivity contribution in [3.8, 4) is 11.8 Å². The van der Waals surface area contributed by atoms with E-state index in [0.717, 1.165) is 12.8 Å². The molecule has 1 saturated heterocycles. The molecule has 126 valence electrons. The maximum Gasteiger partial charge on any atom is 0.193 e. The van der Waals surface area contributed by atoms with Gasteiger partial charge in [0.2, 0.25) is 0 Å². The van der Waals surface area contributed by atoms with E-state index in [1.54, 1.807) is 0 Å². The lowest BCUT2D eigenvalue weighted by molar-refractivity contribution is 0.112. The van der Waals surface area contributed by atoms with Gasteiger partial charge in [0.25, 0.3) is 0 Å². The second-order valence-corrected chi connectivity index (χ2v) is 7.72. The van der Waals surface area contributed by atoms with Crippen molar-refractivity contribution in [3.63, 3.8) is 0 Å². The van der Waals surface area contributed by atoms with Crippen LogP contribution in [0, 0.1) is 0 Å². The molecule has 1 aromatic rings. The van der Waals surface area contributed by atoms with Gasteiger partial charge in [-0.05, 0) is 40.5 Å². The van der Waals surface area contributed by atoms with E-state index < -0.39 is 6.10 Å². The van der Waals surface area contributed by atoms with Gasteiger partial charge in [0.15, 0.2) is 11.8 Å². The molecule has 2 rings (SSSR count). The average molecular weight is 311 g/mol. The topological polar surface area (TPSA) is 89.7 Å². The standard InChI is InChI=1S/C16H29N3O3/c1-15(2)7-11(8-16(3,4)18-15)17-9-12(20)10-19-13(21)5-6-14(19)22/h5-6,11-12,17-18,20-22H,7-10H2,1-4H3. The molecular formula is C16H29N3O3. The van der Waals surface area contributed by atoms with E-state index in [9.17, 15) is 15.3 Å². The summed E-state index contributed by atoms with van der Waals surface area (Å²) in [4.78, 5) is 0. The maximum absolute atomic E-state index is 10.1. The molecule has 1 aromatic heterocycles. The van der Waals surface area contributed by atoms with Gasteiger partial charge in [-0.2, -0.15) is 0 Å². The van der Waals surface area contributed by atoms with Gasteiger partial charge in [0.05, 0.1) is 12.6 Å². The SMILES string of the molecule is CC1(C)CC(NCC(O)Cn2c(O)ccc2O)CC(C)(C)N1. The molecule has 1 unspecified atom stereocenters. The lowest BCUT2D eigenvalue weighted by atomic mass is 9.79. The predicted molar refractivity (Wildman–Crippen MR) is 86.1 cm³/mol. The Labute approximate surface area is 132 Å². The molecule has 0 amide bonds. The summed E-state index contributed by atoms with van der Waals surface area (Å²) in [6.07, 6.45) is 1.30. The Hall–Kier alpha value is -1.24. The summed E-state index contributed by atoms with van der Waals surface area (Å²) in [6, 6.07) is 3.15. The molecule has 0 saturated carbocycles. The van der Waals surface area contributed by atoms with Crippen molar-refractivity contribution < 1.29 is 15.3 Å². The third kappa shape index (κ3) is 4.38. The van der Waals surface area contributed by atoms with Gasteiger partial charge in [-0.15, -0.1) is 0 Å². The fourth-order valence-corrected chi connectivity index (χ4v) is 3.68. The first kappa shape index (κ1) is 17.1. The monoisotopic (exact) mass is 311 g/mol. The molecule has 1 aliphatic heterocycles. The van der Waals surface area contributed by atoms with Gasteiger partial charge in [0, 0.05) is 35.8 Å². The summed E-state index contributed by atoms with van der Waals surface area (Å²) in [7, 11) is 0. The third-order valence-electron chi connectivity index (χ3n) is 4.16. The Morgan fingerprint density at radius 2 is 1.68 bits per heavy atom. The van der Waals surface area contributed by atoms with Gasteiger partial charge in [-0.3, -0.25) is 4.57 Å². The lowest BCUT2D eigenvalue weighted by Crippen LogP contribution is -2.62. The van der Waals surface area contributed by atoms with Crippen LogP contribution in [0.25, 0.3) is 0 Å². The predicted octanol–water partition coefficient (Wildman–Crippen LogP) is 1.16. The first-order valence-electron chi connectivity index (χ1n) is 7.86. The van der Waals surface area contributed by atoms with Crippen molar-refractivity contribution in [1.82, 2.24) is 15.2 Å². The van der Waals surface area contributed by atoms with Gasteiger partial charge in [-0.25, -0.2) is 0 Å². The zero-order chi connectivity index (χ0) is 16.5. The zero-order valence-corrected chi connectivity index (χ0v) is 13.9. The number of nitrogens with zero attached hydrogens (tertiary/aromatic N) is 1. The Kier molecular flexibility index (Phi) is 4.75. The Morgan fingerprint density at radius 1 is 1.18 bits per heavy atom. The molecule has 0 radical (unpaired) electrons. The largest absolute Gasteiger partial charge is 0.494 e. The molecule has 0 bridgehead atoms. The van der Waals surface area contributed by atoms with E-state index in [1.165, 1.54) is 16.7 Å². The fraction of sp³-hybridized carbons (Fsp3) is 0.750. The fourth-order valence-electron chi connectivity index (χ4n) is 3.68. The maximum atomic E-state index is 10.1. The van der Waals surface area contributed by atoms with Crippen molar-refractivity contribution in [3.05, 3.63) is 12.1 Å². The number of nitrogens with one attached hydrogen (secondary N) is 2. The van der Waals surface area contributed by atoms with Crippen LogP contribution in [-0.2, 0) is 6.54 Å². The van der Waals surface area contributed by atoms with Crippen molar-refractivity contribution in [2.75, 3.05) is 6.54 Å². The van der Waals surface area contributed by atoms with Gasteiger partial charge in [-0.1, -0.05) is 0 Å². The number of aromatic nitrogens is 1. The van der Waals surface area contributed by atoms with E-state index >= 15 is 0 Å². The van der Waals surface area contributed by atoms with Crippen LogP contribution < -0.4 is 10.6 Å². The quantitative estimate of drug-likeness (QED) is 0.563. The number of piperidine rings is 1. The van der Waals surface area contributed by atoms with Crippen LogP contribution in [0.4, 0.5) is 0 Å². The molecule has 6 heteroatoms. The smallest absolute Gasteiger partial charge is 0.193 e. The second kappa shape index (κ2) is 6.10. The third-order valence-corrected chi connectivity index (χ3v) is 4.16. The summed E-state index contributed by atoms with van der Waals surface area (Å²) in [5.41, 5.74) is 0.114. The molecule has 1 atom stereocenters. The minimum Gasteiger partial charge on any atom is -0.494 e. The molecule has 5 N–H and O–H groups in total.